The molecule has 3 atom stereocenters. The van der Waals surface area contributed by atoms with Crippen LogP contribution >= 0.6 is 8.58 Å². The largest absolute Gasteiger partial charge is 0.444 e. The van der Waals surface area contributed by atoms with Gasteiger partial charge in [0, 0.05) is 0 Å². The molecular formula is C14H28O2P+. The van der Waals surface area contributed by atoms with Gasteiger partial charge in [-0.25, -0.2) is 0 Å². The van der Waals surface area contributed by atoms with Gasteiger partial charge in [-0.1, -0.05) is 55.4 Å². The van der Waals surface area contributed by atoms with Crippen LogP contribution in [0.3, 0.4) is 0 Å². The lowest BCUT2D eigenvalue weighted by molar-refractivity contribution is 0.0791. The molecule has 1 aliphatic rings. The van der Waals surface area contributed by atoms with Gasteiger partial charge in [-0.05, 0) is 22.9 Å². The molecule has 100 valence electrons. The first-order chi connectivity index (χ1) is 7.83. The van der Waals surface area contributed by atoms with Crippen molar-refractivity contribution in [1.82, 2.24) is 0 Å². The van der Waals surface area contributed by atoms with E-state index >= 15 is 0 Å². The summed E-state index contributed by atoms with van der Waals surface area (Å²) < 4.78 is 5.64. The van der Waals surface area contributed by atoms with E-state index in [2.05, 4.69) is 46.8 Å². The van der Waals surface area contributed by atoms with Crippen molar-refractivity contribution in [2.75, 3.05) is 19.4 Å². The Balaban J connectivity index is 2.70. The molecule has 0 aromatic carbocycles. The monoisotopic (exact) mass is 259 g/mol. The van der Waals surface area contributed by atoms with E-state index in [0.717, 1.165) is 8.58 Å². The van der Waals surface area contributed by atoms with E-state index in [9.17, 15) is 0 Å². The number of allylic oxidation sites excluding steroid dienone is 1. The molecule has 0 aliphatic carbocycles. The molecular weight excluding hydrogens is 231 g/mol. The lowest BCUT2D eigenvalue weighted by Gasteiger charge is -2.48. The summed E-state index contributed by atoms with van der Waals surface area (Å²) in [5, 5.41) is 7.11. The maximum atomic E-state index is 7.11. The van der Waals surface area contributed by atoms with Gasteiger partial charge in [0.2, 0.25) is 0 Å². The third kappa shape index (κ3) is 3.30. The molecule has 1 unspecified atom stereocenters. The second kappa shape index (κ2) is 5.82. The lowest BCUT2D eigenvalue weighted by Crippen LogP contribution is -2.41. The van der Waals surface area contributed by atoms with Crippen molar-refractivity contribution in [2.45, 2.75) is 40.5 Å². The molecule has 0 saturated carbocycles. The van der Waals surface area contributed by atoms with Gasteiger partial charge in [-0.15, -0.1) is 0 Å². The molecule has 17 heavy (non-hydrogen) atoms. The highest BCUT2D eigenvalue weighted by atomic mass is 31.1. The molecule has 1 rings (SSSR count). The highest BCUT2D eigenvalue weighted by Gasteiger charge is 2.42. The summed E-state index contributed by atoms with van der Waals surface area (Å²) in [6.45, 7) is 12.7. The highest BCUT2D eigenvalue weighted by Crippen LogP contribution is 2.51. The van der Waals surface area contributed by atoms with Crippen LogP contribution in [0, 0.1) is 16.7 Å². The normalized spacial score (nSPS) is 31.4. The van der Waals surface area contributed by atoms with Crippen molar-refractivity contribution in [3.05, 3.63) is 12.2 Å². The Hall–Kier alpha value is 0.0900. The summed E-state index contributed by atoms with van der Waals surface area (Å²) in [5.41, 5.74) is 0.595. The van der Waals surface area contributed by atoms with E-state index in [1.807, 2.05) is 0 Å². The van der Waals surface area contributed by atoms with E-state index < -0.39 is 0 Å². The molecule has 0 saturated heterocycles. The van der Waals surface area contributed by atoms with Crippen LogP contribution in [0.2, 0.25) is 0 Å². The minimum Gasteiger partial charge on any atom is -0.444 e. The Labute approximate surface area is 108 Å². The third-order valence-corrected chi connectivity index (χ3v) is 6.32. The quantitative estimate of drug-likeness (QED) is 0.424. The van der Waals surface area contributed by atoms with Crippen LogP contribution in [-0.4, -0.2) is 30.3 Å². The molecule has 1 heterocycles. The fourth-order valence-electron chi connectivity index (χ4n) is 2.14. The van der Waals surface area contributed by atoms with E-state index in [0.29, 0.717) is 24.5 Å². The SMILES string of the molecule is CC(C)C(C)(C)[C@@]1(C)C=C[C@H](OCC[OH2+])PC1. The van der Waals surface area contributed by atoms with Crippen molar-refractivity contribution >= 4 is 8.58 Å². The van der Waals surface area contributed by atoms with Crippen molar-refractivity contribution < 1.29 is 9.84 Å². The number of ether oxygens (including phenoxy) is 1. The van der Waals surface area contributed by atoms with Crippen molar-refractivity contribution in [1.29, 1.82) is 0 Å². The highest BCUT2D eigenvalue weighted by molar-refractivity contribution is 7.39. The van der Waals surface area contributed by atoms with Crippen LogP contribution in [0.5, 0.6) is 0 Å². The molecule has 0 aromatic rings. The van der Waals surface area contributed by atoms with Crippen LogP contribution in [-0.2, 0) is 4.74 Å². The molecule has 3 heteroatoms. The van der Waals surface area contributed by atoms with E-state index in [4.69, 9.17) is 9.84 Å². The summed E-state index contributed by atoms with van der Waals surface area (Å²) in [6, 6.07) is 0. The lowest BCUT2D eigenvalue weighted by atomic mass is 9.62. The number of hydrogen-bond donors (Lipinski definition) is 0. The predicted molar refractivity (Wildman–Crippen MR) is 77.3 cm³/mol. The van der Waals surface area contributed by atoms with Crippen molar-refractivity contribution in [3.63, 3.8) is 0 Å². The van der Waals surface area contributed by atoms with Crippen molar-refractivity contribution in [2.24, 2.45) is 16.7 Å². The Bertz CT molecular complexity index is 273. The van der Waals surface area contributed by atoms with Crippen LogP contribution in [0.25, 0.3) is 0 Å². The second-order valence-corrected chi connectivity index (χ2v) is 7.41. The zero-order chi connectivity index (χ0) is 13.1. The first-order valence-electron chi connectivity index (χ1n) is 6.52. The molecule has 2 N–H and O–H groups in total. The maximum absolute atomic E-state index is 7.11. The van der Waals surface area contributed by atoms with Crippen LogP contribution < -0.4 is 0 Å². The van der Waals surface area contributed by atoms with Crippen LogP contribution in [0.15, 0.2) is 12.2 Å². The van der Waals surface area contributed by atoms with E-state index in [1.165, 1.54) is 6.16 Å². The third-order valence-electron chi connectivity index (χ3n) is 4.62. The first-order valence-corrected chi connectivity index (χ1v) is 7.81. The summed E-state index contributed by atoms with van der Waals surface area (Å²) in [4.78, 5) is 0. The summed E-state index contributed by atoms with van der Waals surface area (Å²) in [7, 11) is 0.828. The molecule has 0 spiro atoms. The molecule has 0 fully saturated rings. The van der Waals surface area contributed by atoms with Crippen LogP contribution in [0.4, 0.5) is 0 Å². The average Bonchev–Trinajstić information content (AvgIpc) is 2.28. The zero-order valence-corrected chi connectivity index (χ0v) is 12.8. The molecule has 1 aliphatic heterocycles. The van der Waals surface area contributed by atoms with E-state index in [1.54, 1.807) is 0 Å². The Morgan fingerprint density at radius 2 is 2.18 bits per heavy atom. The van der Waals surface area contributed by atoms with Gasteiger partial charge >= 0.3 is 0 Å². The second-order valence-electron chi connectivity index (χ2n) is 6.08. The predicted octanol–water partition coefficient (Wildman–Crippen LogP) is 2.99. The molecule has 2 nitrogen and oxygen atoms in total. The van der Waals surface area contributed by atoms with Gasteiger partial charge < -0.3 is 9.84 Å². The van der Waals surface area contributed by atoms with Gasteiger partial charge in [-0.2, -0.15) is 0 Å². The smallest absolute Gasteiger partial charge is 0.167 e. The molecule has 0 aromatic heterocycles. The topological polar surface area (TPSA) is 32.1 Å². The Morgan fingerprint density at radius 3 is 2.59 bits per heavy atom. The van der Waals surface area contributed by atoms with E-state index in [-0.39, 0.29) is 11.3 Å². The van der Waals surface area contributed by atoms with Gasteiger partial charge in [-0.3, -0.25) is 0 Å². The number of hydrogen-bond acceptors (Lipinski definition) is 1. The average molecular weight is 259 g/mol. The Kier molecular flexibility index (Phi) is 5.19. The number of rotatable bonds is 5. The van der Waals surface area contributed by atoms with Gasteiger partial charge in [0.25, 0.3) is 0 Å². The van der Waals surface area contributed by atoms with Crippen molar-refractivity contribution in [3.8, 4) is 0 Å². The van der Waals surface area contributed by atoms with Gasteiger partial charge in [0.1, 0.15) is 6.61 Å². The molecule has 0 bridgehead atoms. The molecule has 0 amide bonds. The van der Waals surface area contributed by atoms with Gasteiger partial charge in [0.05, 0.1) is 5.85 Å². The minimum absolute atomic E-state index is 0.261. The zero-order valence-electron chi connectivity index (χ0n) is 11.8. The Morgan fingerprint density at radius 1 is 1.53 bits per heavy atom. The maximum Gasteiger partial charge on any atom is 0.167 e. The summed E-state index contributed by atoms with van der Waals surface area (Å²) in [6.07, 6.45) is 5.79. The summed E-state index contributed by atoms with van der Waals surface area (Å²) >= 11 is 0. The summed E-state index contributed by atoms with van der Waals surface area (Å²) in [5.74, 6) is 0.934. The fraction of sp³-hybridized carbons (Fsp3) is 0.857. The fourth-order valence-corrected chi connectivity index (χ4v) is 3.81. The standard InChI is InChI=1S/C14H27O2P/c1-11(2)13(3,4)14(5)7-6-12(17-10-14)16-9-8-15/h6-7,11-12,15,17H,8-10H2,1-5H3/p+1/t12-,14+/m1/s1. The van der Waals surface area contributed by atoms with Crippen LogP contribution in [0.1, 0.15) is 34.6 Å². The van der Waals surface area contributed by atoms with Gasteiger partial charge in [0.15, 0.2) is 6.61 Å². The minimum atomic E-state index is 0.261. The first kappa shape index (κ1) is 15.1. The molecule has 0 radical (unpaired) electrons.